The molecule has 5 heterocycles. The number of rotatable bonds is 3. The maximum Gasteiger partial charge on any atom is 0.196 e. The van der Waals surface area contributed by atoms with Crippen LogP contribution in [0.15, 0.2) is 24.3 Å². The van der Waals surface area contributed by atoms with Gasteiger partial charge in [-0.05, 0) is 51.0 Å². The molecular weight excluding hydrogens is 429 g/mol. The molecule has 0 spiro atoms. The van der Waals surface area contributed by atoms with Crippen LogP contribution in [0.5, 0.6) is 0 Å². The third-order valence-corrected chi connectivity index (χ3v) is 11.1. The predicted octanol–water partition coefficient (Wildman–Crippen LogP) is 7.91. The van der Waals surface area contributed by atoms with Crippen LogP contribution in [0.25, 0.3) is 28.6 Å². The molecule has 5 aromatic rings. The van der Waals surface area contributed by atoms with Crippen LogP contribution < -0.4 is 0 Å². The Hall–Kier alpha value is -1.31. The summed E-state index contributed by atoms with van der Waals surface area (Å²) in [6.07, 6.45) is 2.08. The second-order valence-electron chi connectivity index (χ2n) is 6.94. The molecule has 0 N–H and O–H groups in total. The lowest BCUT2D eigenvalue weighted by Crippen LogP contribution is -1.93. The van der Waals surface area contributed by atoms with Crippen LogP contribution >= 0.6 is 56.7 Å². The molecule has 6 rings (SSSR count). The van der Waals surface area contributed by atoms with E-state index < -0.39 is 0 Å². The Morgan fingerprint density at radius 2 is 1.30 bits per heavy atom. The molecule has 1 aliphatic carbocycles. The third kappa shape index (κ3) is 2.47. The average molecular weight is 443 g/mol. The lowest BCUT2D eigenvalue weighted by Gasteiger charge is -1.96. The Morgan fingerprint density at radius 1 is 0.667 bits per heavy atom. The molecule has 0 aliphatic heterocycles. The standard InChI is InChI=1S/C21H14OS5/c1-9-5-13-17(22)14-7-11(25-19(14)18(13)23-9)3-4-12-8-16-21(26-12)20-15(27-16)6-10(2)24-20/h5-8H,3-4H2,1-2H3. The van der Waals surface area contributed by atoms with Crippen LogP contribution in [0.1, 0.15) is 35.4 Å². The van der Waals surface area contributed by atoms with Gasteiger partial charge in [-0.25, -0.2) is 0 Å². The second kappa shape index (κ2) is 5.84. The van der Waals surface area contributed by atoms with Crippen LogP contribution in [0.2, 0.25) is 0 Å². The monoisotopic (exact) mass is 442 g/mol. The SMILES string of the molecule is Cc1cc2c(s1)-c1sc(CCc3cc4sc5cc(C)sc5c4s3)cc1C2=O. The first-order valence-corrected chi connectivity index (χ1v) is 12.8. The zero-order valence-corrected chi connectivity index (χ0v) is 18.8. The molecule has 6 heteroatoms. The smallest absolute Gasteiger partial charge is 0.196 e. The van der Waals surface area contributed by atoms with Gasteiger partial charge in [0, 0.05) is 40.0 Å². The Kier molecular flexibility index (Phi) is 3.60. The molecule has 134 valence electrons. The largest absolute Gasteiger partial charge is 0.288 e. The molecule has 0 unspecified atom stereocenters. The molecule has 0 radical (unpaired) electrons. The molecule has 0 bridgehead atoms. The lowest BCUT2D eigenvalue weighted by atomic mass is 10.1. The second-order valence-corrected chi connectivity index (χ2v) is 12.8. The van der Waals surface area contributed by atoms with Crippen LogP contribution in [-0.4, -0.2) is 5.78 Å². The molecule has 0 atom stereocenters. The third-order valence-electron chi connectivity index (χ3n) is 4.95. The molecule has 0 saturated carbocycles. The van der Waals surface area contributed by atoms with Gasteiger partial charge in [0.2, 0.25) is 0 Å². The van der Waals surface area contributed by atoms with Crippen molar-refractivity contribution < 1.29 is 4.79 Å². The van der Waals surface area contributed by atoms with E-state index in [1.807, 2.05) is 51.4 Å². The topological polar surface area (TPSA) is 17.1 Å². The van der Waals surface area contributed by atoms with Crippen molar-refractivity contribution in [3.8, 4) is 9.75 Å². The van der Waals surface area contributed by atoms with Gasteiger partial charge < -0.3 is 0 Å². The number of thiophene rings is 5. The molecule has 0 aromatic carbocycles. The summed E-state index contributed by atoms with van der Waals surface area (Å²) >= 11 is 9.35. The first-order chi connectivity index (χ1) is 13.1. The van der Waals surface area contributed by atoms with E-state index >= 15 is 0 Å². The summed E-state index contributed by atoms with van der Waals surface area (Å²) in [6, 6.07) is 8.86. The highest BCUT2D eigenvalue weighted by molar-refractivity contribution is 7.38. The molecule has 5 aromatic heterocycles. The van der Waals surface area contributed by atoms with Crippen molar-refractivity contribution in [1.29, 1.82) is 0 Å². The van der Waals surface area contributed by atoms with E-state index in [4.69, 9.17) is 0 Å². The van der Waals surface area contributed by atoms with Crippen molar-refractivity contribution >= 4 is 81.3 Å². The first-order valence-electron chi connectivity index (χ1n) is 8.76. The van der Waals surface area contributed by atoms with E-state index in [2.05, 4.69) is 32.0 Å². The molecule has 1 nitrogen and oxygen atoms in total. The summed E-state index contributed by atoms with van der Waals surface area (Å²) in [5.74, 6) is 0.221. The Morgan fingerprint density at radius 3 is 2.15 bits per heavy atom. The van der Waals surface area contributed by atoms with Crippen LogP contribution in [0.4, 0.5) is 0 Å². The van der Waals surface area contributed by atoms with Gasteiger partial charge in [-0.3, -0.25) is 4.79 Å². The minimum Gasteiger partial charge on any atom is -0.288 e. The van der Waals surface area contributed by atoms with Crippen molar-refractivity contribution in [1.82, 2.24) is 0 Å². The Bertz CT molecular complexity index is 1370. The number of carbonyl (C=O) groups is 1. The van der Waals surface area contributed by atoms with Gasteiger partial charge in [0.05, 0.1) is 19.2 Å². The van der Waals surface area contributed by atoms with Gasteiger partial charge >= 0.3 is 0 Å². The highest BCUT2D eigenvalue weighted by atomic mass is 32.1. The van der Waals surface area contributed by atoms with E-state index in [-0.39, 0.29) is 5.78 Å². The highest BCUT2D eigenvalue weighted by Crippen LogP contribution is 2.47. The summed E-state index contributed by atoms with van der Waals surface area (Å²) < 4.78 is 5.79. The summed E-state index contributed by atoms with van der Waals surface area (Å²) in [6.45, 7) is 4.27. The summed E-state index contributed by atoms with van der Waals surface area (Å²) in [5.41, 5.74) is 1.85. The molecule has 0 saturated heterocycles. The molecular formula is C21H14OS5. The van der Waals surface area contributed by atoms with E-state index in [1.165, 1.54) is 48.1 Å². The quantitative estimate of drug-likeness (QED) is 0.272. The van der Waals surface area contributed by atoms with Crippen molar-refractivity contribution in [2.24, 2.45) is 0 Å². The van der Waals surface area contributed by atoms with E-state index in [0.29, 0.717) is 0 Å². The van der Waals surface area contributed by atoms with E-state index in [1.54, 1.807) is 11.3 Å². The van der Waals surface area contributed by atoms with E-state index in [0.717, 1.165) is 24.0 Å². The normalized spacial score (nSPS) is 13.2. The van der Waals surface area contributed by atoms with Crippen molar-refractivity contribution in [2.45, 2.75) is 26.7 Å². The van der Waals surface area contributed by atoms with Gasteiger partial charge in [-0.15, -0.1) is 56.7 Å². The number of aryl methyl sites for hydroxylation is 4. The summed E-state index contributed by atoms with van der Waals surface area (Å²) in [7, 11) is 0. The van der Waals surface area contributed by atoms with Crippen molar-refractivity contribution in [3.63, 3.8) is 0 Å². The molecule has 1 aliphatic rings. The fourth-order valence-electron chi connectivity index (χ4n) is 3.77. The Balaban J connectivity index is 1.29. The van der Waals surface area contributed by atoms with Crippen LogP contribution in [0.3, 0.4) is 0 Å². The zero-order valence-electron chi connectivity index (χ0n) is 14.7. The number of ketones is 1. The minimum absolute atomic E-state index is 0.221. The van der Waals surface area contributed by atoms with Crippen molar-refractivity contribution in [2.75, 3.05) is 0 Å². The fraction of sp³-hybridized carbons (Fsp3) is 0.190. The van der Waals surface area contributed by atoms with Gasteiger partial charge in [-0.1, -0.05) is 0 Å². The Labute approximate surface area is 176 Å². The van der Waals surface area contributed by atoms with Gasteiger partial charge in [0.1, 0.15) is 0 Å². The number of hydrogen-bond acceptors (Lipinski definition) is 6. The van der Waals surface area contributed by atoms with E-state index in [9.17, 15) is 4.79 Å². The maximum absolute atomic E-state index is 12.6. The maximum atomic E-state index is 12.6. The molecule has 0 fully saturated rings. The molecule has 0 amide bonds. The molecule has 27 heavy (non-hydrogen) atoms. The van der Waals surface area contributed by atoms with Crippen molar-refractivity contribution in [3.05, 3.63) is 54.9 Å². The van der Waals surface area contributed by atoms with Gasteiger partial charge in [0.15, 0.2) is 5.78 Å². The predicted molar refractivity (Wildman–Crippen MR) is 123 cm³/mol. The number of carbonyl (C=O) groups excluding carboxylic acids is 1. The van der Waals surface area contributed by atoms with Gasteiger partial charge in [-0.2, -0.15) is 0 Å². The number of hydrogen-bond donors (Lipinski definition) is 0. The zero-order chi connectivity index (χ0) is 18.3. The summed E-state index contributed by atoms with van der Waals surface area (Å²) in [4.78, 5) is 20.4. The first kappa shape index (κ1) is 16.6. The minimum atomic E-state index is 0.221. The van der Waals surface area contributed by atoms with Crippen LogP contribution in [-0.2, 0) is 12.8 Å². The number of fused-ring (bicyclic) bond motifs is 6. The lowest BCUT2D eigenvalue weighted by molar-refractivity contribution is 0.104. The fourth-order valence-corrected chi connectivity index (χ4v) is 10.0. The highest BCUT2D eigenvalue weighted by Gasteiger charge is 2.31. The van der Waals surface area contributed by atoms with Crippen LogP contribution in [0, 0.1) is 13.8 Å². The average Bonchev–Trinajstić information content (AvgIpc) is 3.39. The summed E-state index contributed by atoms with van der Waals surface area (Å²) in [5, 5.41) is 0. The van der Waals surface area contributed by atoms with Gasteiger partial charge in [0.25, 0.3) is 0 Å².